The van der Waals surface area contributed by atoms with Crippen LogP contribution in [0.1, 0.15) is 18.4 Å². The van der Waals surface area contributed by atoms with Crippen LogP contribution < -0.4 is 10.6 Å². The Bertz CT molecular complexity index is 590. The van der Waals surface area contributed by atoms with Gasteiger partial charge in [-0.1, -0.05) is 6.07 Å². The molecule has 1 fully saturated rings. The molecule has 7 heteroatoms. The number of nitrogens with two attached hydrogens (primary N) is 1. The van der Waals surface area contributed by atoms with E-state index in [2.05, 4.69) is 0 Å². The van der Waals surface area contributed by atoms with Crippen LogP contribution in [0, 0.1) is 6.92 Å². The molecule has 0 aliphatic carbocycles. The number of rotatable bonds is 4. The summed E-state index contributed by atoms with van der Waals surface area (Å²) in [7, 11) is 0.382. The average Bonchev–Trinajstić information content (AvgIpc) is 2.87. The number of aryl methyl sites for hydroxylation is 1. The summed E-state index contributed by atoms with van der Waals surface area (Å²) < 4.78 is 27.0. The maximum Gasteiger partial charge on any atom is 0.243 e. The number of nitrogens with zero attached hydrogens (tertiary/aromatic N) is 2. The Morgan fingerprint density at radius 1 is 1.38 bits per heavy atom. The summed E-state index contributed by atoms with van der Waals surface area (Å²) >= 11 is 0. The number of hydrogen-bond donors (Lipinski definition) is 1. The van der Waals surface area contributed by atoms with E-state index < -0.39 is 10.0 Å². The molecule has 1 aliphatic rings. The van der Waals surface area contributed by atoms with E-state index in [0.717, 1.165) is 24.1 Å². The minimum atomic E-state index is -3.45. The summed E-state index contributed by atoms with van der Waals surface area (Å²) in [5.74, 6) is 0. The van der Waals surface area contributed by atoms with Crippen LogP contribution in [0.15, 0.2) is 23.1 Å². The van der Waals surface area contributed by atoms with Gasteiger partial charge >= 0.3 is 0 Å². The summed E-state index contributed by atoms with van der Waals surface area (Å²) in [4.78, 5) is 2.28. The quantitative estimate of drug-likeness (QED) is 0.908. The van der Waals surface area contributed by atoms with Crippen molar-refractivity contribution in [2.75, 3.05) is 32.1 Å². The van der Waals surface area contributed by atoms with Crippen molar-refractivity contribution in [1.29, 1.82) is 0 Å². The highest BCUT2D eigenvalue weighted by Gasteiger charge is 2.34. The van der Waals surface area contributed by atoms with Crippen molar-refractivity contribution in [2.45, 2.75) is 30.7 Å². The monoisotopic (exact) mass is 333 g/mol. The first-order chi connectivity index (χ1) is 9.37. The SMILES string of the molecule is Cc1ccc(S(=O)(=O)N2CCCC2CN)cc1N(C)C.Cl. The molecule has 1 heterocycles. The zero-order valence-corrected chi connectivity index (χ0v) is 14.4. The molecule has 1 atom stereocenters. The van der Waals surface area contributed by atoms with Crippen LogP contribution >= 0.6 is 12.4 Å². The Morgan fingerprint density at radius 2 is 2.05 bits per heavy atom. The number of halogens is 1. The van der Waals surface area contributed by atoms with Gasteiger partial charge in [-0.25, -0.2) is 8.42 Å². The Kier molecular flexibility index (Phi) is 6.04. The van der Waals surface area contributed by atoms with Crippen LogP contribution in [0.2, 0.25) is 0 Å². The standard InChI is InChI=1S/C14H23N3O2S.ClH/c1-11-6-7-13(9-14(11)16(2)3)20(18,19)17-8-4-5-12(17)10-15;/h6-7,9,12H,4-5,8,10,15H2,1-3H3;1H. The second kappa shape index (κ2) is 6.96. The van der Waals surface area contributed by atoms with Crippen molar-refractivity contribution < 1.29 is 8.42 Å². The first-order valence-corrected chi connectivity index (χ1v) is 8.32. The van der Waals surface area contributed by atoms with Crippen LogP contribution in [-0.2, 0) is 10.0 Å². The molecule has 1 aromatic rings. The van der Waals surface area contributed by atoms with Gasteiger partial charge in [-0.15, -0.1) is 12.4 Å². The molecule has 5 nitrogen and oxygen atoms in total. The van der Waals surface area contributed by atoms with Crippen molar-refractivity contribution in [1.82, 2.24) is 4.31 Å². The van der Waals surface area contributed by atoms with Crippen LogP contribution in [0.4, 0.5) is 5.69 Å². The second-order valence-electron chi connectivity index (χ2n) is 5.49. The minimum Gasteiger partial charge on any atom is -0.377 e. The third-order valence-corrected chi connectivity index (χ3v) is 5.81. The van der Waals surface area contributed by atoms with Crippen molar-refractivity contribution in [3.05, 3.63) is 23.8 Å². The van der Waals surface area contributed by atoms with E-state index in [1.165, 1.54) is 0 Å². The van der Waals surface area contributed by atoms with Gasteiger partial charge < -0.3 is 10.6 Å². The molecule has 1 saturated heterocycles. The van der Waals surface area contributed by atoms with Crippen LogP contribution in [0.25, 0.3) is 0 Å². The maximum atomic E-state index is 12.7. The molecule has 0 bridgehead atoms. The normalized spacial score (nSPS) is 19.3. The zero-order chi connectivity index (χ0) is 14.9. The van der Waals surface area contributed by atoms with E-state index in [4.69, 9.17) is 5.73 Å². The highest BCUT2D eigenvalue weighted by atomic mass is 35.5. The fraction of sp³-hybridized carbons (Fsp3) is 0.571. The van der Waals surface area contributed by atoms with E-state index in [1.807, 2.05) is 32.0 Å². The lowest BCUT2D eigenvalue weighted by atomic mass is 10.2. The molecular weight excluding hydrogens is 310 g/mol. The van der Waals surface area contributed by atoms with Crippen molar-refractivity contribution in [2.24, 2.45) is 5.73 Å². The van der Waals surface area contributed by atoms with E-state index >= 15 is 0 Å². The molecule has 1 unspecified atom stereocenters. The van der Waals surface area contributed by atoms with Gasteiger partial charge in [0.15, 0.2) is 0 Å². The van der Waals surface area contributed by atoms with Crippen LogP contribution in [-0.4, -0.2) is 45.9 Å². The van der Waals surface area contributed by atoms with Crippen LogP contribution in [0.5, 0.6) is 0 Å². The number of benzene rings is 1. The lowest BCUT2D eigenvalue weighted by Gasteiger charge is -2.24. The summed E-state index contributed by atoms with van der Waals surface area (Å²) in [6, 6.07) is 5.22. The second-order valence-corrected chi connectivity index (χ2v) is 7.38. The summed E-state index contributed by atoms with van der Waals surface area (Å²) in [6.45, 7) is 2.92. The highest BCUT2D eigenvalue weighted by molar-refractivity contribution is 7.89. The first-order valence-electron chi connectivity index (χ1n) is 6.88. The highest BCUT2D eigenvalue weighted by Crippen LogP contribution is 2.28. The van der Waals surface area contributed by atoms with Crippen molar-refractivity contribution in [3.63, 3.8) is 0 Å². The van der Waals surface area contributed by atoms with Crippen LogP contribution in [0.3, 0.4) is 0 Å². The zero-order valence-electron chi connectivity index (χ0n) is 12.7. The molecule has 21 heavy (non-hydrogen) atoms. The lowest BCUT2D eigenvalue weighted by Crippen LogP contribution is -2.39. The molecule has 0 aromatic heterocycles. The van der Waals surface area contributed by atoms with Gasteiger partial charge in [0.25, 0.3) is 0 Å². The van der Waals surface area contributed by atoms with E-state index in [9.17, 15) is 8.42 Å². The third kappa shape index (κ3) is 3.51. The molecule has 1 aromatic carbocycles. The van der Waals surface area contributed by atoms with Gasteiger partial charge in [0.1, 0.15) is 0 Å². The fourth-order valence-electron chi connectivity index (χ4n) is 2.73. The van der Waals surface area contributed by atoms with Crippen molar-refractivity contribution in [3.8, 4) is 0 Å². The molecule has 2 N–H and O–H groups in total. The van der Waals surface area contributed by atoms with Gasteiger partial charge in [0.05, 0.1) is 4.90 Å². The number of hydrogen-bond acceptors (Lipinski definition) is 4. The van der Waals surface area contributed by atoms with Gasteiger partial charge in [-0.2, -0.15) is 4.31 Å². The summed E-state index contributed by atoms with van der Waals surface area (Å²) in [5, 5.41) is 0. The topological polar surface area (TPSA) is 66.6 Å². The maximum absolute atomic E-state index is 12.7. The van der Waals surface area contributed by atoms with Gasteiger partial charge in [0.2, 0.25) is 10.0 Å². The predicted octanol–water partition coefficient (Wildman–Crippen LogP) is 1.59. The van der Waals surface area contributed by atoms with Gasteiger partial charge in [0, 0.05) is 38.9 Å². The third-order valence-electron chi connectivity index (χ3n) is 3.86. The van der Waals surface area contributed by atoms with E-state index in [-0.39, 0.29) is 18.4 Å². The molecule has 0 radical (unpaired) electrons. The molecule has 0 saturated carbocycles. The molecule has 120 valence electrons. The van der Waals surface area contributed by atoms with Gasteiger partial charge in [-0.3, -0.25) is 0 Å². The smallest absolute Gasteiger partial charge is 0.243 e. The molecular formula is C14H24ClN3O2S. The Hall–Kier alpha value is -0.820. The molecule has 2 rings (SSSR count). The van der Waals surface area contributed by atoms with Gasteiger partial charge in [-0.05, 0) is 37.5 Å². The van der Waals surface area contributed by atoms with E-state index in [1.54, 1.807) is 16.4 Å². The van der Waals surface area contributed by atoms with Crippen molar-refractivity contribution >= 4 is 28.1 Å². The Morgan fingerprint density at radius 3 is 2.62 bits per heavy atom. The summed E-state index contributed by atoms with van der Waals surface area (Å²) in [5.41, 5.74) is 7.67. The average molecular weight is 334 g/mol. The number of sulfonamides is 1. The Labute approximate surface area is 133 Å². The first kappa shape index (κ1) is 18.2. The minimum absolute atomic E-state index is 0. The molecule has 0 amide bonds. The Balaban J connectivity index is 0.00000220. The largest absolute Gasteiger partial charge is 0.377 e. The predicted molar refractivity (Wildman–Crippen MR) is 88.7 cm³/mol. The molecule has 1 aliphatic heterocycles. The van der Waals surface area contributed by atoms with E-state index in [0.29, 0.717) is 18.0 Å². The number of anilines is 1. The lowest BCUT2D eigenvalue weighted by molar-refractivity contribution is 0.393. The molecule has 0 spiro atoms. The fourth-order valence-corrected chi connectivity index (χ4v) is 4.45. The summed E-state index contributed by atoms with van der Waals surface area (Å²) in [6.07, 6.45) is 1.73.